The second kappa shape index (κ2) is 8.42. The van der Waals surface area contributed by atoms with Gasteiger partial charge in [0, 0.05) is 19.5 Å². The Labute approximate surface area is 118 Å². The van der Waals surface area contributed by atoms with E-state index >= 15 is 0 Å². The van der Waals surface area contributed by atoms with Gasteiger partial charge in [-0.15, -0.1) is 0 Å². The van der Waals surface area contributed by atoms with Gasteiger partial charge in [0.25, 0.3) is 0 Å². The summed E-state index contributed by atoms with van der Waals surface area (Å²) in [5.74, 6) is 0. The third kappa shape index (κ3) is 5.00. The van der Waals surface area contributed by atoms with E-state index in [-0.39, 0.29) is 19.5 Å². The van der Waals surface area contributed by atoms with Gasteiger partial charge in [-0.2, -0.15) is 0 Å². The number of rotatable bonds is 1. The molecule has 0 amide bonds. The summed E-state index contributed by atoms with van der Waals surface area (Å²) >= 11 is 0. The minimum absolute atomic E-state index is 0. The predicted molar refractivity (Wildman–Crippen MR) is 71.3 cm³/mol. The van der Waals surface area contributed by atoms with Gasteiger partial charge in [-0.1, -0.05) is 48.6 Å². The Kier molecular flexibility index (Phi) is 7.12. The molecule has 0 spiro atoms. The molecule has 0 heterocycles. The van der Waals surface area contributed by atoms with Crippen molar-refractivity contribution in [2.24, 2.45) is 0 Å². The zero-order valence-corrected chi connectivity index (χ0v) is 12.0. The molecule has 0 aliphatic heterocycles. The van der Waals surface area contributed by atoms with E-state index in [9.17, 15) is 0 Å². The van der Waals surface area contributed by atoms with Crippen LogP contribution in [0.25, 0.3) is 0 Å². The minimum Gasteiger partial charge on any atom is -0.0882 e. The van der Waals surface area contributed by atoms with Crippen LogP contribution in [0.1, 0.15) is 38.5 Å². The SMILES string of the molecule is C1=CC=C(C2=CCCC=CCC2)CCC=C1.[Ru]. The van der Waals surface area contributed by atoms with Gasteiger partial charge >= 0.3 is 0 Å². The van der Waals surface area contributed by atoms with Crippen molar-refractivity contribution in [3.63, 3.8) is 0 Å². The molecule has 0 aromatic heterocycles. The summed E-state index contributed by atoms with van der Waals surface area (Å²) in [5, 5.41) is 0. The monoisotopic (exact) mass is 314 g/mol. The van der Waals surface area contributed by atoms with Crippen LogP contribution < -0.4 is 0 Å². The first-order valence-electron chi connectivity index (χ1n) is 6.33. The van der Waals surface area contributed by atoms with Crippen LogP contribution in [0.2, 0.25) is 0 Å². The molecule has 2 aliphatic carbocycles. The molecule has 0 saturated carbocycles. The molecule has 17 heavy (non-hydrogen) atoms. The van der Waals surface area contributed by atoms with Gasteiger partial charge in [0.1, 0.15) is 0 Å². The topological polar surface area (TPSA) is 0 Å². The Hall–Kier alpha value is -0.677. The van der Waals surface area contributed by atoms with Crippen molar-refractivity contribution >= 4 is 0 Å². The smallest absolute Gasteiger partial charge is 0 e. The van der Waals surface area contributed by atoms with Crippen molar-refractivity contribution in [3.8, 4) is 0 Å². The van der Waals surface area contributed by atoms with Gasteiger partial charge in [-0.3, -0.25) is 0 Å². The molecule has 0 saturated heterocycles. The maximum absolute atomic E-state index is 2.44. The third-order valence-corrected chi connectivity index (χ3v) is 3.12. The number of allylic oxidation sites excluding steroid dienone is 10. The van der Waals surface area contributed by atoms with Crippen LogP contribution in [-0.2, 0) is 19.5 Å². The first-order chi connectivity index (χ1) is 7.97. The van der Waals surface area contributed by atoms with E-state index in [1.165, 1.54) is 44.1 Å². The van der Waals surface area contributed by atoms with Crippen LogP contribution in [0.4, 0.5) is 0 Å². The molecule has 0 nitrogen and oxygen atoms in total. The van der Waals surface area contributed by atoms with Crippen molar-refractivity contribution in [1.82, 2.24) is 0 Å². The molecule has 0 bridgehead atoms. The summed E-state index contributed by atoms with van der Waals surface area (Å²) in [7, 11) is 0. The molecule has 2 rings (SSSR count). The maximum atomic E-state index is 2.44. The zero-order valence-electron chi connectivity index (χ0n) is 10.2. The molecule has 0 aromatic carbocycles. The molecule has 0 unspecified atom stereocenters. The molecule has 0 radical (unpaired) electrons. The van der Waals surface area contributed by atoms with Crippen molar-refractivity contribution in [2.75, 3.05) is 0 Å². The summed E-state index contributed by atoms with van der Waals surface area (Å²) < 4.78 is 0. The van der Waals surface area contributed by atoms with Crippen molar-refractivity contribution < 1.29 is 19.5 Å². The molecule has 0 atom stereocenters. The van der Waals surface area contributed by atoms with Gasteiger partial charge in [0.15, 0.2) is 0 Å². The first kappa shape index (κ1) is 14.4. The molecule has 2 aliphatic rings. The molecule has 0 N–H and O–H groups in total. The second-order valence-corrected chi connectivity index (χ2v) is 4.36. The Morgan fingerprint density at radius 1 is 0.647 bits per heavy atom. The van der Waals surface area contributed by atoms with Gasteiger partial charge in [-0.05, 0) is 49.7 Å². The van der Waals surface area contributed by atoms with Gasteiger partial charge < -0.3 is 0 Å². The summed E-state index contributed by atoms with van der Waals surface area (Å²) in [6.07, 6.45) is 25.2. The Morgan fingerprint density at radius 2 is 1.41 bits per heavy atom. The van der Waals surface area contributed by atoms with Crippen LogP contribution in [0.5, 0.6) is 0 Å². The average Bonchev–Trinajstić information content (AvgIpc) is 2.18. The van der Waals surface area contributed by atoms with Gasteiger partial charge in [0.2, 0.25) is 0 Å². The van der Waals surface area contributed by atoms with E-state index in [1.54, 1.807) is 5.57 Å². The maximum Gasteiger partial charge on any atom is 0 e. The Balaban J connectivity index is 0.00000144. The molecular weight excluding hydrogens is 293 g/mol. The standard InChI is InChI=1S/C16H20.Ru/c1-3-7-11-15(12-8-4-1)16-13-9-5-2-6-10-14-16;/h1-5,7,11,14H,6,8-10,12-13H2;. The van der Waals surface area contributed by atoms with E-state index in [4.69, 9.17) is 0 Å². The fourth-order valence-electron chi connectivity index (χ4n) is 2.22. The van der Waals surface area contributed by atoms with Gasteiger partial charge in [0.05, 0.1) is 0 Å². The van der Waals surface area contributed by atoms with E-state index in [0.717, 1.165) is 0 Å². The molecular formula is C16H20Ru. The van der Waals surface area contributed by atoms with Crippen LogP contribution in [0.15, 0.2) is 59.8 Å². The van der Waals surface area contributed by atoms with Crippen molar-refractivity contribution in [3.05, 3.63) is 59.8 Å². The number of hydrogen-bond acceptors (Lipinski definition) is 0. The second-order valence-electron chi connectivity index (χ2n) is 4.36. The first-order valence-corrected chi connectivity index (χ1v) is 6.33. The van der Waals surface area contributed by atoms with E-state index in [0.29, 0.717) is 0 Å². The van der Waals surface area contributed by atoms with Crippen LogP contribution in [-0.4, -0.2) is 0 Å². The zero-order chi connectivity index (χ0) is 11.1. The van der Waals surface area contributed by atoms with E-state index in [1.807, 2.05) is 0 Å². The quantitative estimate of drug-likeness (QED) is 0.478. The molecule has 0 aromatic rings. The van der Waals surface area contributed by atoms with Crippen LogP contribution in [0.3, 0.4) is 0 Å². The average molecular weight is 313 g/mol. The Bertz CT molecular complexity index is 367. The van der Waals surface area contributed by atoms with Crippen molar-refractivity contribution in [1.29, 1.82) is 0 Å². The normalized spacial score (nSPS) is 20.2. The van der Waals surface area contributed by atoms with E-state index < -0.39 is 0 Å². The molecule has 1 heteroatoms. The summed E-state index contributed by atoms with van der Waals surface area (Å²) in [6, 6.07) is 0. The van der Waals surface area contributed by atoms with Crippen molar-refractivity contribution in [2.45, 2.75) is 38.5 Å². The molecule has 92 valence electrons. The fourth-order valence-corrected chi connectivity index (χ4v) is 2.22. The Morgan fingerprint density at radius 3 is 2.35 bits per heavy atom. The van der Waals surface area contributed by atoms with E-state index in [2.05, 4.69) is 48.6 Å². The van der Waals surface area contributed by atoms with Crippen LogP contribution >= 0.6 is 0 Å². The van der Waals surface area contributed by atoms with Crippen LogP contribution in [0, 0.1) is 0 Å². The van der Waals surface area contributed by atoms with Gasteiger partial charge in [-0.25, -0.2) is 0 Å². The number of hydrogen-bond donors (Lipinski definition) is 0. The fraction of sp³-hybridized carbons (Fsp3) is 0.375. The summed E-state index contributed by atoms with van der Waals surface area (Å²) in [5.41, 5.74) is 3.11. The third-order valence-electron chi connectivity index (χ3n) is 3.12. The molecule has 0 fully saturated rings. The largest absolute Gasteiger partial charge is 0.0882 e. The minimum atomic E-state index is 0. The summed E-state index contributed by atoms with van der Waals surface area (Å²) in [6.45, 7) is 0. The summed E-state index contributed by atoms with van der Waals surface area (Å²) in [4.78, 5) is 0. The predicted octanol–water partition coefficient (Wildman–Crippen LogP) is 4.87.